The average molecular weight is 231 g/mol. The monoisotopic (exact) mass is 231 g/mol. The van der Waals surface area contributed by atoms with E-state index < -0.39 is 0 Å². The van der Waals surface area contributed by atoms with Gasteiger partial charge in [0.25, 0.3) is 0 Å². The van der Waals surface area contributed by atoms with Gasteiger partial charge in [0.2, 0.25) is 0 Å². The van der Waals surface area contributed by atoms with E-state index in [1.54, 1.807) is 7.11 Å². The van der Waals surface area contributed by atoms with E-state index in [9.17, 15) is 0 Å². The molecule has 0 spiro atoms. The van der Waals surface area contributed by atoms with Crippen LogP contribution in [-0.2, 0) is 9.47 Å². The fraction of sp³-hybridized carbons (Fsp3) is 1.00. The number of rotatable bonds is 7. The number of likely N-dealkylation sites (N-methyl/N-ethyl adjacent to an activating group) is 1. The van der Waals surface area contributed by atoms with Crippen LogP contribution in [0.2, 0.25) is 0 Å². The largest absolute Gasteiger partial charge is 0.382 e. The van der Waals surface area contributed by atoms with Crippen molar-refractivity contribution in [2.45, 2.75) is 6.04 Å². The van der Waals surface area contributed by atoms with E-state index in [1.807, 2.05) is 0 Å². The van der Waals surface area contributed by atoms with Crippen LogP contribution in [0.5, 0.6) is 0 Å². The number of hydrogen-bond donors (Lipinski definition) is 1. The molecule has 1 unspecified atom stereocenters. The molecule has 0 aromatic carbocycles. The number of ether oxygens (including phenoxy) is 2. The Hall–Kier alpha value is -0.200. The fourth-order valence-corrected chi connectivity index (χ4v) is 1.99. The minimum Gasteiger partial charge on any atom is -0.382 e. The first kappa shape index (κ1) is 13.9. The van der Waals surface area contributed by atoms with Crippen molar-refractivity contribution in [2.75, 3.05) is 66.7 Å². The van der Waals surface area contributed by atoms with Gasteiger partial charge in [-0.1, -0.05) is 0 Å². The average Bonchev–Trinajstić information content (AvgIpc) is 2.30. The summed E-state index contributed by atoms with van der Waals surface area (Å²) in [5.74, 6) is 0. The molecule has 0 bridgehead atoms. The van der Waals surface area contributed by atoms with Crippen molar-refractivity contribution in [3.05, 3.63) is 0 Å². The molecule has 0 aromatic heterocycles. The van der Waals surface area contributed by atoms with Gasteiger partial charge in [-0.15, -0.1) is 0 Å². The Labute approximate surface area is 98.5 Å². The van der Waals surface area contributed by atoms with Crippen molar-refractivity contribution in [1.82, 2.24) is 9.80 Å². The van der Waals surface area contributed by atoms with Crippen LogP contribution in [0.3, 0.4) is 0 Å². The molecule has 5 heteroatoms. The minimum atomic E-state index is 0.477. The summed E-state index contributed by atoms with van der Waals surface area (Å²) in [5.41, 5.74) is 5.78. The van der Waals surface area contributed by atoms with Crippen LogP contribution in [0.15, 0.2) is 0 Å². The summed E-state index contributed by atoms with van der Waals surface area (Å²) in [5, 5.41) is 0. The Bertz CT molecular complexity index is 181. The van der Waals surface area contributed by atoms with Crippen molar-refractivity contribution < 1.29 is 9.47 Å². The first-order chi connectivity index (χ1) is 7.77. The zero-order chi connectivity index (χ0) is 11.8. The van der Waals surface area contributed by atoms with Crippen LogP contribution >= 0.6 is 0 Å². The molecule has 2 N–H and O–H groups in total. The molecule has 1 heterocycles. The van der Waals surface area contributed by atoms with Gasteiger partial charge in [0.15, 0.2) is 0 Å². The first-order valence-electron chi connectivity index (χ1n) is 5.97. The third-order valence-corrected chi connectivity index (χ3v) is 3.03. The van der Waals surface area contributed by atoms with Gasteiger partial charge in [0, 0.05) is 45.9 Å². The lowest BCUT2D eigenvalue weighted by Crippen LogP contribution is -2.55. The Morgan fingerprint density at radius 3 is 2.75 bits per heavy atom. The predicted molar refractivity (Wildman–Crippen MR) is 64.6 cm³/mol. The summed E-state index contributed by atoms with van der Waals surface area (Å²) in [6.45, 7) is 7.08. The molecular weight excluding hydrogens is 206 g/mol. The van der Waals surface area contributed by atoms with Crippen molar-refractivity contribution in [2.24, 2.45) is 5.73 Å². The van der Waals surface area contributed by atoms with E-state index in [0.717, 1.165) is 39.3 Å². The van der Waals surface area contributed by atoms with Gasteiger partial charge < -0.3 is 20.1 Å². The second-order valence-electron chi connectivity index (χ2n) is 4.29. The van der Waals surface area contributed by atoms with E-state index in [1.165, 1.54) is 0 Å². The highest BCUT2D eigenvalue weighted by Gasteiger charge is 2.23. The van der Waals surface area contributed by atoms with Crippen LogP contribution in [0, 0.1) is 0 Å². The zero-order valence-corrected chi connectivity index (χ0v) is 10.5. The van der Waals surface area contributed by atoms with Crippen molar-refractivity contribution in [1.29, 1.82) is 0 Å². The smallest absolute Gasteiger partial charge is 0.0700 e. The van der Waals surface area contributed by atoms with Gasteiger partial charge >= 0.3 is 0 Å². The van der Waals surface area contributed by atoms with Crippen LogP contribution in [0.25, 0.3) is 0 Å². The van der Waals surface area contributed by atoms with Crippen LogP contribution in [0.1, 0.15) is 0 Å². The summed E-state index contributed by atoms with van der Waals surface area (Å²) < 4.78 is 10.4. The molecule has 16 heavy (non-hydrogen) atoms. The lowest BCUT2D eigenvalue weighted by Gasteiger charge is -2.39. The molecule has 5 nitrogen and oxygen atoms in total. The number of hydrogen-bond acceptors (Lipinski definition) is 5. The molecule has 1 fully saturated rings. The zero-order valence-electron chi connectivity index (χ0n) is 10.5. The van der Waals surface area contributed by atoms with Gasteiger partial charge in [0.05, 0.1) is 19.8 Å². The summed E-state index contributed by atoms with van der Waals surface area (Å²) in [4.78, 5) is 4.76. The van der Waals surface area contributed by atoms with E-state index in [0.29, 0.717) is 19.3 Å². The van der Waals surface area contributed by atoms with Crippen molar-refractivity contribution in [3.8, 4) is 0 Å². The number of piperazine rings is 1. The number of nitrogens with two attached hydrogens (primary N) is 1. The quantitative estimate of drug-likeness (QED) is 0.583. The highest BCUT2D eigenvalue weighted by Crippen LogP contribution is 2.06. The van der Waals surface area contributed by atoms with Gasteiger partial charge in [-0.05, 0) is 7.05 Å². The normalized spacial score (nSPS) is 23.8. The highest BCUT2D eigenvalue weighted by molar-refractivity contribution is 4.81. The Kier molecular flexibility index (Phi) is 6.91. The second-order valence-corrected chi connectivity index (χ2v) is 4.29. The maximum Gasteiger partial charge on any atom is 0.0700 e. The molecule has 1 aliphatic heterocycles. The first-order valence-corrected chi connectivity index (χ1v) is 5.97. The fourth-order valence-electron chi connectivity index (χ4n) is 1.99. The molecule has 96 valence electrons. The standard InChI is InChI=1S/C11H25N3O2/c1-13-3-4-14(11(9-12)10-13)5-6-16-8-7-15-2/h11H,3-10,12H2,1-2H3. The molecule has 0 radical (unpaired) electrons. The molecule has 1 atom stereocenters. The molecular formula is C11H25N3O2. The van der Waals surface area contributed by atoms with Gasteiger partial charge in [-0.3, -0.25) is 4.90 Å². The molecule has 1 rings (SSSR count). The number of methoxy groups -OCH3 is 1. The van der Waals surface area contributed by atoms with Crippen molar-refractivity contribution >= 4 is 0 Å². The topological polar surface area (TPSA) is 51.0 Å². The minimum absolute atomic E-state index is 0.477. The third-order valence-electron chi connectivity index (χ3n) is 3.03. The van der Waals surface area contributed by atoms with Crippen LogP contribution in [0.4, 0.5) is 0 Å². The molecule has 0 amide bonds. The maximum atomic E-state index is 5.78. The summed E-state index contributed by atoms with van der Waals surface area (Å²) in [7, 11) is 3.84. The van der Waals surface area contributed by atoms with E-state index in [-0.39, 0.29) is 0 Å². The molecule has 0 aliphatic carbocycles. The van der Waals surface area contributed by atoms with Gasteiger partial charge in [-0.2, -0.15) is 0 Å². The lowest BCUT2D eigenvalue weighted by atomic mass is 10.2. The molecule has 1 aliphatic rings. The highest BCUT2D eigenvalue weighted by atomic mass is 16.5. The Balaban J connectivity index is 2.14. The molecule has 0 saturated carbocycles. The summed E-state index contributed by atoms with van der Waals surface area (Å²) in [6.07, 6.45) is 0. The van der Waals surface area contributed by atoms with Crippen LogP contribution in [-0.4, -0.2) is 82.5 Å². The van der Waals surface area contributed by atoms with E-state index >= 15 is 0 Å². The van der Waals surface area contributed by atoms with Gasteiger partial charge in [0.1, 0.15) is 0 Å². The van der Waals surface area contributed by atoms with Crippen LogP contribution < -0.4 is 5.73 Å². The number of nitrogens with zero attached hydrogens (tertiary/aromatic N) is 2. The molecule has 0 aromatic rings. The summed E-state index contributed by atoms with van der Waals surface area (Å²) in [6, 6.07) is 0.477. The van der Waals surface area contributed by atoms with Gasteiger partial charge in [-0.25, -0.2) is 0 Å². The Morgan fingerprint density at radius 2 is 2.06 bits per heavy atom. The van der Waals surface area contributed by atoms with Crippen molar-refractivity contribution in [3.63, 3.8) is 0 Å². The summed E-state index contributed by atoms with van der Waals surface area (Å²) >= 11 is 0. The SMILES string of the molecule is COCCOCCN1CCN(C)CC1CN. The van der Waals surface area contributed by atoms with E-state index in [4.69, 9.17) is 15.2 Å². The molecule has 1 saturated heterocycles. The lowest BCUT2D eigenvalue weighted by molar-refractivity contribution is 0.0319. The Morgan fingerprint density at radius 1 is 1.25 bits per heavy atom. The van der Waals surface area contributed by atoms with E-state index in [2.05, 4.69) is 16.8 Å². The maximum absolute atomic E-state index is 5.78. The third kappa shape index (κ3) is 4.76. The second kappa shape index (κ2) is 7.97. The predicted octanol–water partition coefficient (Wildman–Crippen LogP) is -0.776.